The van der Waals surface area contributed by atoms with Gasteiger partial charge in [-0.15, -0.1) is 11.3 Å². The minimum absolute atomic E-state index is 0.0461. The first-order valence-corrected chi connectivity index (χ1v) is 12.3. The van der Waals surface area contributed by atoms with E-state index < -0.39 is 5.25 Å². The molecule has 1 aromatic carbocycles. The Morgan fingerprint density at radius 3 is 2.40 bits per heavy atom. The molecule has 9 nitrogen and oxygen atoms in total. The summed E-state index contributed by atoms with van der Waals surface area (Å²) < 4.78 is 10.6. The lowest BCUT2D eigenvalue weighted by atomic mass is 9.94. The van der Waals surface area contributed by atoms with Crippen molar-refractivity contribution in [1.82, 2.24) is 9.97 Å². The number of thiazole rings is 1. The Hall–Kier alpha value is -3.80. The van der Waals surface area contributed by atoms with Crippen LogP contribution in [-0.4, -0.2) is 35.3 Å². The van der Waals surface area contributed by atoms with Gasteiger partial charge in [0.15, 0.2) is 16.6 Å². The van der Waals surface area contributed by atoms with E-state index >= 15 is 0 Å². The molecule has 180 valence electrons. The Bertz CT molecular complexity index is 1340. The standard InChI is InChI=1S/C24H24N6O3S2/c1-12(2)20-15(9-25)21(27)29-23(16(20)10-26)35-13(3)22(31)30-24-28-17(11-34-24)14-6-7-18(32-4)19(8-14)33-5/h6-8,11-13H,1-5H3,(H2,27,29)(H,28,30,31). The number of nitrogens with zero attached hydrogens (tertiary/aromatic N) is 4. The number of benzene rings is 1. The topological polar surface area (TPSA) is 147 Å². The third-order valence-electron chi connectivity index (χ3n) is 5.10. The third-order valence-corrected chi connectivity index (χ3v) is 6.95. The van der Waals surface area contributed by atoms with Crippen LogP contribution in [0, 0.1) is 22.7 Å². The first-order chi connectivity index (χ1) is 16.7. The van der Waals surface area contributed by atoms with E-state index in [2.05, 4.69) is 21.4 Å². The molecular formula is C24H24N6O3S2. The summed E-state index contributed by atoms with van der Waals surface area (Å²) in [5.74, 6) is 0.822. The molecule has 3 N–H and O–H groups in total. The van der Waals surface area contributed by atoms with Crippen LogP contribution in [-0.2, 0) is 4.79 Å². The fraction of sp³-hybridized carbons (Fsp3) is 0.292. The normalized spacial score (nSPS) is 11.4. The van der Waals surface area contributed by atoms with Gasteiger partial charge in [-0.1, -0.05) is 25.6 Å². The van der Waals surface area contributed by atoms with Gasteiger partial charge in [-0.3, -0.25) is 4.79 Å². The SMILES string of the molecule is COc1ccc(-c2csc(NC(=O)C(C)Sc3nc(N)c(C#N)c(C(C)C)c3C#N)n2)cc1OC. The first kappa shape index (κ1) is 25.8. The summed E-state index contributed by atoms with van der Waals surface area (Å²) in [6.07, 6.45) is 0. The van der Waals surface area contributed by atoms with E-state index in [1.165, 1.54) is 11.3 Å². The van der Waals surface area contributed by atoms with Gasteiger partial charge in [-0.05, 0) is 36.6 Å². The van der Waals surface area contributed by atoms with E-state index in [9.17, 15) is 15.3 Å². The van der Waals surface area contributed by atoms with E-state index in [4.69, 9.17) is 15.2 Å². The van der Waals surface area contributed by atoms with Crippen LogP contribution in [0.15, 0.2) is 28.6 Å². The van der Waals surface area contributed by atoms with Gasteiger partial charge in [0.2, 0.25) is 5.91 Å². The van der Waals surface area contributed by atoms with Crippen molar-refractivity contribution in [3.63, 3.8) is 0 Å². The van der Waals surface area contributed by atoms with Crippen LogP contribution in [0.2, 0.25) is 0 Å². The molecule has 0 aliphatic heterocycles. The van der Waals surface area contributed by atoms with Crippen LogP contribution in [0.4, 0.5) is 10.9 Å². The molecule has 1 amide bonds. The van der Waals surface area contributed by atoms with Crippen LogP contribution in [0.3, 0.4) is 0 Å². The average Bonchev–Trinajstić information content (AvgIpc) is 3.31. The molecule has 0 saturated carbocycles. The fourth-order valence-corrected chi connectivity index (χ4v) is 5.02. The van der Waals surface area contributed by atoms with Gasteiger partial charge in [-0.25, -0.2) is 9.97 Å². The largest absolute Gasteiger partial charge is 0.493 e. The van der Waals surface area contributed by atoms with Gasteiger partial charge in [0, 0.05) is 10.9 Å². The van der Waals surface area contributed by atoms with E-state index in [1.807, 2.05) is 37.4 Å². The highest BCUT2D eigenvalue weighted by Gasteiger charge is 2.25. The lowest BCUT2D eigenvalue weighted by Gasteiger charge is -2.17. The second-order valence-corrected chi connectivity index (χ2v) is 9.89. The van der Waals surface area contributed by atoms with E-state index in [-0.39, 0.29) is 28.8 Å². The summed E-state index contributed by atoms with van der Waals surface area (Å²) in [5.41, 5.74) is 8.49. The molecular weight excluding hydrogens is 484 g/mol. The van der Waals surface area contributed by atoms with Crippen molar-refractivity contribution < 1.29 is 14.3 Å². The number of thioether (sulfide) groups is 1. The highest BCUT2D eigenvalue weighted by Crippen LogP contribution is 2.36. The maximum absolute atomic E-state index is 12.9. The molecule has 0 spiro atoms. The second kappa shape index (κ2) is 11.1. The number of ether oxygens (including phenoxy) is 2. The van der Waals surface area contributed by atoms with Crippen molar-refractivity contribution in [2.75, 3.05) is 25.3 Å². The molecule has 0 fully saturated rings. The van der Waals surface area contributed by atoms with E-state index in [0.717, 1.165) is 17.3 Å². The van der Waals surface area contributed by atoms with Gasteiger partial charge >= 0.3 is 0 Å². The zero-order valence-electron chi connectivity index (χ0n) is 19.9. The molecule has 11 heteroatoms. The smallest absolute Gasteiger partial charge is 0.239 e. The third kappa shape index (κ3) is 5.48. The molecule has 35 heavy (non-hydrogen) atoms. The van der Waals surface area contributed by atoms with Crippen LogP contribution in [0.25, 0.3) is 11.3 Å². The summed E-state index contributed by atoms with van der Waals surface area (Å²) in [6.45, 7) is 5.45. The van der Waals surface area contributed by atoms with Gasteiger partial charge in [0.05, 0.1) is 36.3 Å². The number of nitrogen functional groups attached to an aromatic ring is 1. The lowest BCUT2D eigenvalue weighted by Crippen LogP contribution is -2.23. The number of aromatic nitrogens is 2. The van der Waals surface area contributed by atoms with Gasteiger partial charge in [0.1, 0.15) is 23.0 Å². The number of methoxy groups -OCH3 is 2. The maximum Gasteiger partial charge on any atom is 0.239 e. The molecule has 1 atom stereocenters. The van der Waals surface area contributed by atoms with Crippen LogP contribution < -0.4 is 20.5 Å². The summed E-state index contributed by atoms with van der Waals surface area (Å²) >= 11 is 2.40. The van der Waals surface area contributed by atoms with Gasteiger partial charge in [-0.2, -0.15) is 10.5 Å². The molecule has 1 unspecified atom stereocenters. The number of nitriles is 2. The number of carbonyl (C=O) groups is 1. The number of anilines is 2. The van der Waals surface area contributed by atoms with Crippen molar-refractivity contribution in [2.45, 2.75) is 37.0 Å². The predicted molar refractivity (Wildman–Crippen MR) is 137 cm³/mol. The number of hydrogen-bond donors (Lipinski definition) is 2. The fourth-order valence-electron chi connectivity index (χ4n) is 3.37. The predicted octanol–water partition coefficient (Wildman–Crippen LogP) is 4.79. The highest BCUT2D eigenvalue weighted by molar-refractivity contribution is 8.00. The molecule has 3 rings (SSSR count). The zero-order valence-corrected chi connectivity index (χ0v) is 21.5. The average molecular weight is 509 g/mol. The van der Waals surface area contributed by atoms with Gasteiger partial charge in [0.25, 0.3) is 0 Å². The molecule has 0 bridgehead atoms. The van der Waals surface area contributed by atoms with E-state index in [0.29, 0.717) is 32.9 Å². The second-order valence-electron chi connectivity index (χ2n) is 7.70. The number of rotatable bonds is 8. The summed E-state index contributed by atoms with van der Waals surface area (Å²) in [7, 11) is 3.13. The summed E-state index contributed by atoms with van der Waals surface area (Å²) in [6, 6.07) is 9.63. The Labute approximate surface area is 211 Å². The monoisotopic (exact) mass is 508 g/mol. The molecule has 2 heterocycles. The van der Waals surface area contributed by atoms with Crippen LogP contribution in [0.5, 0.6) is 11.5 Å². The van der Waals surface area contributed by atoms with Crippen molar-refractivity contribution in [1.29, 1.82) is 10.5 Å². The Balaban J connectivity index is 1.79. The van der Waals surface area contributed by atoms with Crippen LogP contribution in [0.1, 0.15) is 43.4 Å². The molecule has 0 aliphatic rings. The highest BCUT2D eigenvalue weighted by atomic mass is 32.2. The Morgan fingerprint density at radius 1 is 1.11 bits per heavy atom. The number of hydrogen-bond acceptors (Lipinski definition) is 10. The van der Waals surface area contributed by atoms with Crippen molar-refractivity contribution >= 4 is 40.0 Å². The molecule has 0 radical (unpaired) electrons. The minimum atomic E-state index is -0.602. The number of carbonyl (C=O) groups excluding carboxylic acids is 1. The van der Waals surface area contributed by atoms with Gasteiger partial charge < -0.3 is 20.5 Å². The summed E-state index contributed by atoms with van der Waals surface area (Å²) in [4.78, 5) is 21.6. The first-order valence-electron chi connectivity index (χ1n) is 10.5. The van der Waals surface area contributed by atoms with Crippen LogP contribution >= 0.6 is 23.1 Å². The quantitative estimate of drug-likeness (QED) is 0.410. The molecule has 0 aliphatic carbocycles. The van der Waals surface area contributed by atoms with Crippen molar-refractivity contribution in [2.24, 2.45) is 0 Å². The number of nitrogens with one attached hydrogen (secondary N) is 1. The molecule has 3 aromatic rings. The number of nitrogens with two attached hydrogens (primary N) is 1. The molecule has 2 aromatic heterocycles. The Morgan fingerprint density at radius 2 is 1.80 bits per heavy atom. The van der Waals surface area contributed by atoms with Crippen molar-refractivity contribution in [3.05, 3.63) is 40.3 Å². The Kier molecular flexibility index (Phi) is 8.18. The number of amides is 1. The molecule has 0 saturated heterocycles. The number of pyridine rings is 1. The zero-order chi connectivity index (χ0) is 25.7. The van der Waals surface area contributed by atoms with Crippen molar-refractivity contribution in [3.8, 4) is 34.9 Å². The maximum atomic E-state index is 12.9. The summed E-state index contributed by atoms with van der Waals surface area (Å²) in [5, 5.41) is 24.0. The van der Waals surface area contributed by atoms with E-state index in [1.54, 1.807) is 27.2 Å². The lowest BCUT2D eigenvalue weighted by molar-refractivity contribution is -0.115. The minimum Gasteiger partial charge on any atom is -0.493 e.